The highest BCUT2D eigenvalue weighted by molar-refractivity contribution is 6.35. The number of rotatable bonds is 4. The van der Waals surface area contributed by atoms with Gasteiger partial charge in [-0.1, -0.05) is 23.2 Å². The first-order valence-electron chi connectivity index (χ1n) is 5.99. The Hall–Kier alpha value is -1.52. The predicted octanol–water partition coefficient (Wildman–Crippen LogP) is 5.23. The molecule has 6 heteroatoms. The van der Waals surface area contributed by atoms with Crippen LogP contribution in [0.25, 0.3) is 0 Å². The van der Waals surface area contributed by atoms with Crippen LogP contribution in [-0.2, 0) is 6.42 Å². The number of hydrogen-bond acceptors (Lipinski definition) is 1. The van der Waals surface area contributed by atoms with E-state index in [9.17, 15) is 18.0 Å². The van der Waals surface area contributed by atoms with E-state index in [2.05, 4.69) is 0 Å². The molecule has 0 aromatic heterocycles. The second kappa shape index (κ2) is 6.50. The largest absolute Gasteiger partial charge is 0.294 e. The Labute approximate surface area is 129 Å². The van der Waals surface area contributed by atoms with Gasteiger partial charge in [0.1, 0.15) is 0 Å². The van der Waals surface area contributed by atoms with Crippen LogP contribution in [0, 0.1) is 17.5 Å². The quantitative estimate of drug-likeness (QED) is 0.553. The zero-order chi connectivity index (χ0) is 15.6. The number of Topliss-reactive ketones (excluding diaryl/α,β-unsaturated/α-hetero) is 1. The highest BCUT2D eigenvalue weighted by Gasteiger charge is 2.13. The van der Waals surface area contributed by atoms with E-state index in [1.807, 2.05) is 0 Å². The summed E-state index contributed by atoms with van der Waals surface area (Å²) in [5, 5.41) is 0.648. The van der Waals surface area contributed by atoms with Crippen LogP contribution in [0.4, 0.5) is 13.2 Å². The fourth-order valence-corrected chi connectivity index (χ4v) is 2.40. The van der Waals surface area contributed by atoms with Gasteiger partial charge in [0.05, 0.1) is 0 Å². The Kier molecular flexibility index (Phi) is 4.91. The van der Waals surface area contributed by atoms with E-state index in [1.165, 1.54) is 18.2 Å². The number of benzene rings is 2. The van der Waals surface area contributed by atoms with Crippen LogP contribution in [0.15, 0.2) is 30.3 Å². The summed E-state index contributed by atoms with van der Waals surface area (Å²) in [6.07, 6.45) is 0.0816. The second-order valence-electron chi connectivity index (χ2n) is 4.45. The maximum atomic E-state index is 13.1. The van der Waals surface area contributed by atoms with Crippen molar-refractivity contribution in [1.82, 2.24) is 0 Å². The van der Waals surface area contributed by atoms with Gasteiger partial charge in [-0.05, 0) is 42.3 Å². The molecule has 0 saturated heterocycles. The summed E-state index contributed by atoms with van der Waals surface area (Å²) in [5.41, 5.74) is 0.517. The predicted molar refractivity (Wildman–Crippen MR) is 75.4 cm³/mol. The van der Waals surface area contributed by atoms with Gasteiger partial charge in [0, 0.05) is 22.0 Å². The van der Waals surface area contributed by atoms with Crippen LogP contribution in [0.2, 0.25) is 10.0 Å². The molecular formula is C15H9Cl2F3O. The van der Waals surface area contributed by atoms with Crippen molar-refractivity contribution in [3.05, 3.63) is 69.0 Å². The van der Waals surface area contributed by atoms with Gasteiger partial charge < -0.3 is 0 Å². The van der Waals surface area contributed by atoms with E-state index >= 15 is 0 Å². The molecule has 0 spiro atoms. The van der Waals surface area contributed by atoms with Crippen molar-refractivity contribution in [3.63, 3.8) is 0 Å². The zero-order valence-electron chi connectivity index (χ0n) is 10.6. The molecule has 0 aliphatic heterocycles. The van der Waals surface area contributed by atoms with Gasteiger partial charge in [0.2, 0.25) is 0 Å². The number of carbonyl (C=O) groups is 1. The molecule has 0 amide bonds. The Bertz CT molecular complexity index is 658. The first kappa shape index (κ1) is 15.9. The van der Waals surface area contributed by atoms with E-state index in [-0.39, 0.29) is 24.2 Å². The minimum Gasteiger partial charge on any atom is -0.294 e. The van der Waals surface area contributed by atoms with Gasteiger partial charge in [0.15, 0.2) is 23.2 Å². The van der Waals surface area contributed by atoms with Crippen LogP contribution in [-0.4, -0.2) is 5.78 Å². The van der Waals surface area contributed by atoms with Crippen LogP contribution >= 0.6 is 23.2 Å². The molecular weight excluding hydrogens is 324 g/mol. The van der Waals surface area contributed by atoms with Crippen molar-refractivity contribution in [1.29, 1.82) is 0 Å². The zero-order valence-corrected chi connectivity index (χ0v) is 12.1. The highest BCUT2D eigenvalue weighted by atomic mass is 35.5. The van der Waals surface area contributed by atoms with Crippen molar-refractivity contribution < 1.29 is 18.0 Å². The summed E-state index contributed by atoms with van der Waals surface area (Å²) in [7, 11) is 0. The summed E-state index contributed by atoms with van der Waals surface area (Å²) in [5.74, 6) is -4.34. The minimum absolute atomic E-state index is 0.00117. The molecule has 0 unspecified atom stereocenters. The number of halogens is 5. The molecule has 2 aromatic carbocycles. The maximum Gasteiger partial charge on any atom is 0.194 e. The van der Waals surface area contributed by atoms with Crippen molar-refractivity contribution in [2.75, 3.05) is 0 Å². The van der Waals surface area contributed by atoms with E-state index in [0.29, 0.717) is 15.6 Å². The lowest BCUT2D eigenvalue weighted by atomic mass is 10.0. The van der Waals surface area contributed by atoms with Crippen LogP contribution in [0.3, 0.4) is 0 Å². The molecule has 21 heavy (non-hydrogen) atoms. The standard InChI is InChI=1S/C15H9Cl2F3O/c16-10-5-9(6-11(17)7-10)14(21)2-1-8-3-12(18)15(20)13(19)4-8/h3-7H,1-2H2. The lowest BCUT2D eigenvalue weighted by Crippen LogP contribution is -2.03. The lowest BCUT2D eigenvalue weighted by Gasteiger charge is -2.05. The molecule has 0 fully saturated rings. The number of ketones is 1. The van der Waals surface area contributed by atoms with Crippen molar-refractivity contribution in [3.8, 4) is 0 Å². The van der Waals surface area contributed by atoms with E-state index < -0.39 is 17.5 Å². The molecule has 1 nitrogen and oxygen atoms in total. The van der Waals surface area contributed by atoms with E-state index in [1.54, 1.807) is 0 Å². The Morgan fingerprint density at radius 3 is 1.95 bits per heavy atom. The minimum atomic E-state index is -1.52. The smallest absolute Gasteiger partial charge is 0.194 e. The van der Waals surface area contributed by atoms with Gasteiger partial charge in [0.25, 0.3) is 0 Å². The first-order chi connectivity index (χ1) is 9.86. The third-order valence-corrected chi connectivity index (χ3v) is 3.31. The monoisotopic (exact) mass is 332 g/mol. The molecule has 0 N–H and O–H groups in total. The lowest BCUT2D eigenvalue weighted by molar-refractivity contribution is 0.0982. The summed E-state index contributed by atoms with van der Waals surface area (Å²) < 4.78 is 38.9. The first-order valence-corrected chi connectivity index (χ1v) is 6.75. The maximum absolute atomic E-state index is 13.1. The van der Waals surface area contributed by atoms with Gasteiger partial charge in [-0.25, -0.2) is 13.2 Å². The van der Waals surface area contributed by atoms with Gasteiger partial charge >= 0.3 is 0 Å². The van der Waals surface area contributed by atoms with E-state index in [4.69, 9.17) is 23.2 Å². The van der Waals surface area contributed by atoms with Gasteiger partial charge in [-0.2, -0.15) is 0 Å². The highest BCUT2D eigenvalue weighted by Crippen LogP contribution is 2.21. The fourth-order valence-electron chi connectivity index (χ4n) is 1.87. The normalized spacial score (nSPS) is 10.7. The van der Waals surface area contributed by atoms with Crippen LogP contribution < -0.4 is 0 Å². The topological polar surface area (TPSA) is 17.1 Å². The number of hydrogen-bond donors (Lipinski definition) is 0. The molecule has 0 bridgehead atoms. The van der Waals surface area contributed by atoms with Crippen LogP contribution in [0.5, 0.6) is 0 Å². The molecule has 2 aromatic rings. The SMILES string of the molecule is O=C(CCc1cc(F)c(F)c(F)c1)c1cc(Cl)cc(Cl)c1. The molecule has 2 rings (SSSR count). The Balaban J connectivity index is 2.11. The molecule has 0 aliphatic rings. The molecule has 0 radical (unpaired) electrons. The van der Waals surface area contributed by atoms with E-state index in [0.717, 1.165) is 12.1 Å². The van der Waals surface area contributed by atoms with Crippen molar-refractivity contribution in [2.45, 2.75) is 12.8 Å². The summed E-state index contributed by atoms with van der Waals surface area (Å²) >= 11 is 11.6. The third-order valence-electron chi connectivity index (χ3n) is 2.87. The third kappa shape index (κ3) is 3.99. The van der Waals surface area contributed by atoms with Crippen molar-refractivity contribution >= 4 is 29.0 Å². The summed E-state index contributed by atoms with van der Waals surface area (Å²) in [6.45, 7) is 0. The van der Waals surface area contributed by atoms with Crippen molar-refractivity contribution in [2.24, 2.45) is 0 Å². The molecule has 0 atom stereocenters. The average molecular weight is 333 g/mol. The van der Waals surface area contributed by atoms with Gasteiger partial charge in [-0.15, -0.1) is 0 Å². The number of aryl methyl sites for hydroxylation is 1. The molecule has 0 aliphatic carbocycles. The summed E-state index contributed by atoms with van der Waals surface area (Å²) in [6, 6.07) is 6.15. The Morgan fingerprint density at radius 1 is 0.905 bits per heavy atom. The Morgan fingerprint density at radius 2 is 1.43 bits per heavy atom. The van der Waals surface area contributed by atoms with Crippen LogP contribution in [0.1, 0.15) is 22.3 Å². The molecule has 0 saturated carbocycles. The fraction of sp³-hybridized carbons (Fsp3) is 0.133. The molecule has 0 heterocycles. The second-order valence-corrected chi connectivity index (χ2v) is 5.33. The number of carbonyl (C=O) groups excluding carboxylic acids is 1. The average Bonchev–Trinajstić information content (AvgIpc) is 2.40. The van der Waals surface area contributed by atoms with Gasteiger partial charge in [-0.3, -0.25) is 4.79 Å². The summed E-state index contributed by atoms with van der Waals surface area (Å²) in [4.78, 5) is 12.0. The molecule has 110 valence electrons.